The SMILES string of the molecule is CCn1cc(Br)cc1C(=O)Nc1ccc(Br)cc1Cl. The van der Waals surface area contributed by atoms with Gasteiger partial charge in [-0.25, -0.2) is 0 Å². The molecule has 1 heterocycles. The van der Waals surface area contributed by atoms with Crippen LogP contribution in [0.1, 0.15) is 17.4 Å². The van der Waals surface area contributed by atoms with E-state index in [9.17, 15) is 4.79 Å². The molecule has 0 radical (unpaired) electrons. The van der Waals surface area contributed by atoms with Gasteiger partial charge in [0.1, 0.15) is 5.69 Å². The lowest BCUT2D eigenvalue weighted by molar-refractivity contribution is 0.101. The van der Waals surface area contributed by atoms with Crippen LogP contribution in [0.25, 0.3) is 0 Å². The molecule has 0 fully saturated rings. The van der Waals surface area contributed by atoms with Gasteiger partial charge in [0.25, 0.3) is 5.91 Å². The van der Waals surface area contributed by atoms with Gasteiger partial charge in [-0.3, -0.25) is 4.79 Å². The summed E-state index contributed by atoms with van der Waals surface area (Å²) in [6, 6.07) is 7.12. The van der Waals surface area contributed by atoms with E-state index in [4.69, 9.17) is 11.6 Å². The number of aromatic nitrogens is 1. The average molecular weight is 407 g/mol. The molecule has 19 heavy (non-hydrogen) atoms. The van der Waals surface area contributed by atoms with Crippen LogP contribution in [0.3, 0.4) is 0 Å². The summed E-state index contributed by atoms with van der Waals surface area (Å²) in [7, 11) is 0. The Morgan fingerprint density at radius 2 is 2.05 bits per heavy atom. The fraction of sp³-hybridized carbons (Fsp3) is 0.154. The molecule has 100 valence electrons. The molecule has 0 aliphatic heterocycles. The third-order valence-electron chi connectivity index (χ3n) is 2.62. The van der Waals surface area contributed by atoms with Gasteiger partial charge in [0.2, 0.25) is 0 Å². The first-order valence-corrected chi connectivity index (χ1v) is 7.59. The highest BCUT2D eigenvalue weighted by atomic mass is 79.9. The second kappa shape index (κ2) is 6.11. The molecule has 0 aliphatic rings. The molecule has 2 rings (SSSR count). The summed E-state index contributed by atoms with van der Waals surface area (Å²) >= 11 is 12.8. The first-order valence-electron chi connectivity index (χ1n) is 5.63. The highest BCUT2D eigenvalue weighted by molar-refractivity contribution is 9.10. The standard InChI is InChI=1S/C13H11Br2ClN2O/c1-2-18-7-9(15)6-12(18)13(19)17-11-4-3-8(14)5-10(11)16/h3-7H,2H2,1H3,(H,17,19). The Morgan fingerprint density at radius 1 is 1.32 bits per heavy atom. The lowest BCUT2D eigenvalue weighted by atomic mass is 10.3. The third kappa shape index (κ3) is 3.41. The Kier molecular flexibility index (Phi) is 4.71. The van der Waals surface area contributed by atoms with Crippen LogP contribution >= 0.6 is 43.5 Å². The van der Waals surface area contributed by atoms with Crippen molar-refractivity contribution >= 4 is 55.1 Å². The topological polar surface area (TPSA) is 34.0 Å². The van der Waals surface area contributed by atoms with Crippen molar-refractivity contribution in [3.8, 4) is 0 Å². The van der Waals surface area contributed by atoms with Gasteiger partial charge in [-0.1, -0.05) is 27.5 Å². The number of carbonyl (C=O) groups is 1. The van der Waals surface area contributed by atoms with E-state index in [2.05, 4.69) is 37.2 Å². The van der Waals surface area contributed by atoms with Crippen LogP contribution < -0.4 is 5.32 Å². The molecule has 3 nitrogen and oxygen atoms in total. The number of carbonyl (C=O) groups excluding carboxylic acids is 1. The van der Waals surface area contributed by atoms with Gasteiger partial charge < -0.3 is 9.88 Å². The molecule has 6 heteroatoms. The largest absolute Gasteiger partial charge is 0.343 e. The van der Waals surface area contributed by atoms with Crippen molar-refractivity contribution in [1.82, 2.24) is 4.57 Å². The van der Waals surface area contributed by atoms with E-state index in [1.807, 2.05) is 23.8 Å². The molecule has 2 aromatic rings. The van der Waals surface area contributed by atoms with Gasteiger partial charge in [-0.15, -0.1) is 0 Å². The molecule has 1 aromatic heterocycles. The second-order valence-corrected chi connectivity index (χ2v) is 6.15. The molecule has 0 saturated carbocycles. The summed E-state index contributed by atoms with van der Waals surface area (Å²) in [5.41, 5.74) is 1.18. The summed E-state index contributed by atoms with van der Waals surface area (Å²) < 4.78 is 3.61. The minimum atomic E-state index is -0.184. The summed E-state index contributed by atoms with van der Waals surface area (Å²) in [4.78, 5) is 12.2. The van der Waals surface area contributed by atoms with E-state index in [0.29, 0.717) is 16.4 Å². The Balaban J connectivity index is 2.25. The first kappa shape index (κ1) is 14.6. The van der Waals surface area contributed by atoms with E-state index in [1.54, 1.807) is 18.2 Å². The fourth-order valence-electron chi connectivity index (χ4n) is 1.70. The molecular weight excluding hydrogens is 395 g/mol. The normalized spacial score (nSPS) is 10.5. The van der Waals surface area contributed by atoms with Gasteiger partial charge in [0, 0.05) is 21.7 Å². The number of hydrogen-bond donors (Lipinski definition) is 1. The van der Waals surface area contributed by atoms with Crippen molar-refractivity contribution in [1.29, 1.82) is 0 Å². The number of nitrogens with zero attached hydrogens (tertiary/aromatic N) is 1. The van der Waals surface area contributed by atoms with Crippen molar-refractivity contribution in [2.24, 2.45) is 0 Å². The number of anilines is 1. The van der Waals surface area contributed by atoms with Gasteiger partial charge >= 0.3 is 0 Å². The highest BCUT2D eigenvalue weighted by Gasteiger charge is 2.13. The zero-order valence-corrected chi connectivity index (χ0v) is 14.0. The number of halogens is 3. The van der Waals surface area contributed by atoms with Crippen LogP contribution in [0.15, 0.2) is 39.4 Å². The molecule has 0 spiro atoms. The lowest BCUT2D eigenvalue weighted by Gasteiger charge is -2.09. The summed E-state index contributed by atoms with van der Waals surface area (Å²) in [6.07, 6.45) is 1.87. The molecule has 0 aliphatic carbocycles. The molecule has 1 amide bonds. The van der Waals surface area contributed by atoms with Crippen LogP contribution in [0.2, 0.25) is 5.02 Å². The van der Waals surface area contributed by atoms with Crippen LogP contribution in [-0.2, 0) is 6.54 Å². The first-order chi connectivity index (χ1) is 9.01. The predicted octanol–water partition coefficient (Wildman–Crippen LogP) is 4.94. The van der Waals surface area contributed by atoms with E-state index in [-0.39, 0.29) is 5.91 Å². The Bertz CT molecular complexity index is 625. The van der Waals surface area contributed by atoms with Crippen molar-refractivity contribution in [3.05, 3.63) is 50.1 Å². The van der Waals surface area contributed by atoms with E-state index in [0.717, 1.165) is 15.5 Å². The minimum absolute atomic E-state index is 0.184. The quantitative estimate of drug-likeness (QED) is 0.770. The Morgan fingerprint density at radius 3 is 2.68 bits per heavy atom. The van der Waals surface area contributed by atoms with Crippen molar-refractivity contribution in [2.45, 2.75) is 13.5 Å². The number of amides is 1. The number of hydrogen-bond acceptors (Lipinski definition) is 1. The minimum Gasteiger partial charge on any atom is -0.343 e. The fourth-order valence-corrected chi connectivity index (χ4v) is 2.89. The van der Waals surface area contributed by atoms with Crippen LogP contribution in [0, 0.1) is 0 Å². The number of nitrogens with one attached hydrogen (secondary N) is 1. The number of benzene rings is 1. The smallest absolute Gasteiger partial charge is 0.272 e. The summed E-state index contributed by atoms with van der Waals surface area (Å²) in [6.45, 7) is 2.71. The average Bonchev–Trinajstić information content (AvgIpc) is 2.74. The van der Waals surface area contributed by atoms with Crippen LogP contribution in [0.5, 0.6) is 0 Å². The molecule has 0 bridgehead atoms. The zero-order chi connectivity index (χ0) is 14.0. The van der Waals surface area contributed by atoms with Crippen molar-refractivity contribution < 1.29 is 4.79 Å². The van der Waals surface area contributed by atoms with Crippen LogP contribution in [-0.4, -0.2) is 10.5 Å². The van der Waals surface area contributed by atoms with E-state index < -0.39 is 0 Å². The van der Waals surface area contributed by atoms with E-state index in [1.165, 1.54) is 0 Å². The number of rotatable bonds is 3. The Hall–Kier alpha value is -0.780. The van der Waals surface area contributed by atoms with Crippen molar-refractivity contribution in [2.75, 3.05) is 5.32 Å². The van der Waals surface area contributed by atoms with Gasteiger partial charge in [-0.2, -0.15) is 0 Å². The molecular formula is C13H11Br2ClN2O. The van der Waals surface area contributed by atoms with Gasteiger partial charge in [0.15, 0.2) is 0 Å². The summed E-state index contributed by atoms with van der Waals surface area (Å²) in [5.74, 6) is -0.184. The molecule has 0 atom stereocenters. The number of aryl methyl sites for hydroxylation is 1. The molecule has 1 N–H and O–H groups in total. The third-order valence-corrected chi connectivity index (χ3v) is 3.86. The molecule has 0 unspecified atom stereocenters. The van der Waals surface area contributed by atoms with Gasteiger partial charge in [0.05, 0.1) is 10.7 Å². The molecule has 1 aromatic carbocycles. The van der Waals surface area contributed by atoms with Crippen LogP contribution in [0.4, 0.5) is 5.69 Å². The predicted molar refractivity (Wildman–Crippen MR) is 84.9 cm³/mol. The van der Waals surface area contributed by atoms with E-state index >= 15 is 0 Å². The van der Waals surface area contributed by atoms with Crippen molar-refractivity contribution in [3.63, 3.8) is 0 Å². The Labute approximate surface area is 133 Å². The highest BCUT2D eigenvalue weighted by Crippen LogP contribution is 2.26. The second-order valence-electron chi connectivity index (χ2n) is 3.91. The maximum Gasteiger partial charge on any atom is 0.272 e. The molecule has 0 saturated heterocycles. The van der Waals surface area contributed by atoms with Gasteiger partial charge in [-0.05, 0) is 47.1 Å². The summed E-state index contributed by atoms with van der Waals surface area (Å²) in [5, 5.41) is 3.31. The maximum absolute atomic E-state index is 12.2. The lowest BCUT2D eigenvalue weighted by Crippen LogP contribution is -2.16. The zero-order valence-electron chi connectivity index (χ0n) is 10.1. The monoisotopic (exact) mass is 404 g/mol. The maximum atomic E-state index is 12.2.